The molecule has 1 fully saturated rings. The molecule has 1 aromatic rings. The van der Waals surface area contributed by atoms with Crippen LogP contribution in [0.2, 0.25) is 0 Å². The molecule has 0 radical (unpaired) electrons. The molecule has 136 valence electrons. The van der Waals surface area contributed by atoms with E-state index in [0.717, 1.165) is 12.8 Å². The Bertz CT molecular complexity index is 516. The van der Waals surface area contributed by atoms with Gasteiger partial charge in [0, 0.05) is 31.6 Å². The van der Waals surface area contributed by atoms with E-state index in [0.29, 0.717) is 38.1 Å². The molecular weight excluding hydrogens is 439 g/mol. The Morgan fingerprint density at radius 1 is 1.54 bits per heavy atom. The summed E-state index contributed by atoms with van der Waals surface area (Å²) < 4.78 is 5.02. The quantitative estimate of drug-likeness (QED) is 0.397. The summed E-state index contributed by atoms with van der Waals surface area (Å²) in [6, 6.07) is 2.39. The van der Waals surface area contributed by atoms with E-state index in [1.165, 1.54) is 5.56 Å². The minimum Gasteiger partial charge on any atom is -0.450 e. The van der Waals surface area contributed by atoms with Crippen molar-refractivity contribution in [2.24, 2.45) is 10.7 Å². The normalized spacial score (nSPS) is 17.1. The Balaban J connectivity index is 0.00000288. The highest BCUT2D eigenvalue weighted by Gasteiger charge is 2.23. The number of nitrogens with one attached hydrogen (secondary N) is 1. The molecule has 1 aliphatic rings. The number of thiophene rings is 1. The summed E-state index contributed by atoms with van der Waals surface area (Å²) in [6.07, 6.45) is 1.49. The summed E-state index contributed by atoms with van der Waals surface area (Å²) in [7, 11) is 0. The molecule has 1 amide bonds. The second kappa shape index (κ2) is 10.8. The van der Waals surface area contributed by atoms with Gasteiger partial charge in [-0.3, -0.25) is 4.99 Å². The predicted octanol–water partition coefficient (Wildman–Crippen LogP) is 2.99. The summed E-state index contributed by atoms with van der Waals surface area (Å²) in [6.45, 7) is 6.44. The number of hydrogen-bond acceptors (Lipinski definition) is 4. The monoisotopic (exact) mass is 466 g/mol. The molecule has 1 atom stereocenters. The highest BCUT2D eigenvalue weighted by Crippen LogP contribution is 2.18. The average Bonchev–Trinajstić information content (AvgIpc) is 3.08. The van der Waals surface area contributed by atoms with Gasteiger partial charge in [-0.15, -0.1) is 24.0 Å². The molecule has 0 saturated carbocycles. The number of halogens is 1. The van der Waals surface area contributed by atoms with E-state index in [1.54, 1.807) is 16.2 Å². The first-order chi connectivity index (χ1) is 11.1. The fourth-order valence-corrected chi connectivity index (χ4v) is 3.35. The van der Waals surface area contributed by atoms with Crippen LogP contribution in [0, 0.1) is 0 Å². The topological polar surface area (TPSA) is 80.0 Å². The summed E-state index contributed by atoms with van der Waals surface area (Å²) in [5.74, 6) is 0.855. The lowest BCUT2D eigenvalue weighted by Crippen LogP contribution is -2.48. The van der Waals surface area contributed by atoms with Gasteiger partial charge in [-0.05, 0) is 42.2 Å². The first-order valence-corrected chi connectivity index (χ1v) is 9.04. The molecule has 8 heteroatoms. The molecule has 0 aromatic carbocycles. The number of carbonyl (C=O) groups is 1. The molecule has 6 nitrogen and oxygen atoms in total. The van der Waals surface area contributed by atoms with E-state index < -0.39 is 0 Å². The molecule has 2 heterocycles. The van der Waals surface area contributed by atoms with Crippen molar-refractivity contribution in [2.45, 2.75) is 38.6 Å². The van der Waals surface area contributed by atoms with Gasteiger partial charge in [0.1, 0.15) is 0 Å². The number of amides is 1. The molecule has 2 rings (SSSR count). The third-order valence-corrected chi connectivity index (χ3v) is 4.72. The molecule has 3 N–H and O–H groups in total. The van der Waals surface area contributed by atoms with Gasteiger partial charge in [0.2, 0.25) is 0 Å². The lowest BCUT2D eigenvalue weighted by Gasteiger charge is -2.31. The van der Waals surface area contributed by atoms with Crippen LogP contribution in [0.4, 0.5) is 4.79 Å². The molecule has 1 aliphatic heterocycles. The van der Waals surface area contributed by atoms with E-state index in [1.807, 2.05) is 6.92 Å². The summed E-state index contributed by atoms with van der Waals surface area (Å²) >= 11 is 1.70. The van der Waals surface area contributed by atoms with E-state index in [-0.39, 0.29) is 36.1 Å². The average molecular weight is 466 g/mol. The molecule has 0 spiro atoms. The molecule has 24 heavy (non-hydrogen) atoms. The minimum atomic E-state index is -0.225. The Hall–Kier alpha value is -1.03. The third kappa shape index (κ3) is 6.46. The molecule has 0 bridgehead atoms. The van der Waals surface area contributed by atoms with Crippen molar-refractivity contribution in [2.75, 3.05) is 26.2 Å². The zero-order chi connectivity index (χ0) is 16.7. The van der Waals surface area contributed by atoms with E-state index in [9.17, 15) is 4.79 Å². The number of guanidine groups is 1. The lowest BCUT2D eigenvalue weighted by atomic mass is 10.1. The van der Waals surface area contributed by atoms with Crippen molar-refractivity contribution in [1.82, 2.24) is 10.2 Å². The second-order valence-electron chi connectivity index (χ2n) is 5.79. The van der Waals surface area contributed by atoms with Gasteiger partial charge in [-0.2, -0.15) is 11.3 Å². The van der Waals surface area contributed by atoms with Crippen LogP contribution in [-0.2, 0) is 4.74 Å². The Kier molecular flexibility index (Phi) is 9.42. The Morgan fingerprint density at radius 2 is 2.25 bits per heavy atom. The first-order valence-electron chi connectivity index (χ1n) is 8.10. The fourth-order valence-electron chi connectivity index (χ4n) is 2.57. The van der Waals surface area contributed by atoms with Crippen LogP contribution in [-0.4, -0.2) is 49.2 Å². The predicted molar refractivity (Wildman–Crippen MR) is 109 cm³/mol. The van der Waals surface area contributed by atoms with Crippen molar-refractivity contribution >= 4 is 47.4 Å². The standard InChI is InChI=1S/C16H26N4O2S.HI/c1-3-22-16(21)20-7-4-14(5-8-20)19-15(17)18-10-12(2)13-6-9-23-11-13;/h6,9,11-12,14H,3-5,7-8,10H2,1-2H3,(H3,17,18,19);1H. The van der Waals surface area contributed by atoms with Crippen molar-refractivity contribution in [1.29, 1.82) is 0 Å². The molecule has 1 unspecified atom stereocenters. The van der Waals surface area contributed by atoms with Crippen LogP contribution < -0.4 is 11.1 Å². The van der Waals surface area contributed by atoms with Crippen molar-refractivity contribution < 1.29 is 9.53 Å². The van der Waals surface area contributed by atoms with E-state index in [2.05, 4.69) is 34.1 Å². The summed E-state index contributed by atoms with van der Waals surface area (Å²) in [5.41, 5.74) is 7.28. The number of rotatable bonds is 5. The second-order valence-corrected chi connectivity index (χ2v) is 6.57. The maximum atomic E-state index is 11.7. The smallest absolute Gasteiger partial charge is 0.409 e. The Labute approximate surface area is 164 Å². The largest absolute Gasteiger partial charge is 0.450 e. The zero-order valence-corrected chi connectivity index (χ0v) is 17.4. The third-order valence-electron chi connectivity index (χ3n) is 4.02. The number of nitrogens with two attached hydrogens (primary N) is 1. The highest BCUT2D eigenvalue weighted by molar-refractivity contribution is 14.0. The van der Waals surface area contributed by atoms with Crippen molar-refractivity contribution in [3.63, 3.8) is 0 Å². The number of likely N-dealkylation sites (tertiary alicyclic amines) is 1. The van der Waals surface area contributed by atoms with Gasteiger partial charge in [0.25, 0.3) is 0 Å². The van der Waals surface area contributed by atoms with Gasteiger partial charge in [0.05, 0.1) is 6.61 Å². The van der Waals surface area contributed by atoms with Crippen molar-refractivity contribution in [3.8, 4) is 0 Å². The van der Waals surface area contributed by atoms with Crippen LogP contribution in [0.15, 0.2) is 21.8 Å². The number of piperidine rings is 1. The first kappa shape index (κ1) is 21.0. The minimum absolute atomic E-state index is 0. The van der Waals surface area contributed by atoms with Crippen LogP contribution in [0.5, 0.6) is 0 Å². The molecule has 0 aliphatic carbocycles. The van der Waals surface area contributed by atoms with Crippen molar-refractivity contribution in [3.05, 3.63) is 22.4 Å². The number of aliphatic imine (C=N–C) groups is 1. The van der Waals surface area contributed by atoms with Gasteiger partial charge in [-0.25, -0.2) is 4.79 Å². The maximum absolute atomic E-state index is 11.7. The number of carbonyl (C=O) groups excluding carboxylic acids is 1. The SMILES string of the molecule is CCOC(=O)N1CCC(NC(N)=NCC(C)c2ccsc2)CC1.I. The molecule has 1 aromatic heterocycles. The van der Waals surface area contributed by atoms with Crippen LogP contribution in [0.3, 0.4) is 0 Å². The van der Waals surface area contributed by atoms with Gasteiger partial charge < -0.3 is 20.7 Å². The number of nitrogens with zero attached hydrogens (tertiary/aromatic N) is 2. The highest BCUT2D eigenvalue weighted by atomic mass is 127. The van der Waals surface area contributed by atoms with Crippen LogP contribution in [0.25, 0.3) is 0 Å². The molecule has 1 saturated heterocycles. The zero-order valence-electron chi connectivity index (χ0n) is 14.2. The van der Waals surface area contributed by atoms with Gasteiger partial charge in [0.15, 0.2) is 5.96 Å². The summed E-state index contributed by atoms with van der Waals surface area (Å²) in [5, 5.41) is 7.49. The van der Waals surface area contributed by atoms with E-state index in [4.69, 9.17) is 10.5 Å². The summed E-state index contributed by atoms with van der Waals surface area (Å²) in [4.78, 5) is 17.8. The number of hydrogen-bond donors (Lipinski definition) is 2. The maximum Gasteiger partial charge on any atom is 0.409 e. The lowest BCUT2D eigenvalue weighted by molar-refractivity contribution is 0.0963. The number of ether oxygens (including phenoxy) is 1. The van der Waals surface area contributed by atoms with Crippen LogP contribution >= 0.6 is 35.3 Å². The van der Waals surface area contributed by atoms with Gasteiger partial charge in [-0.1, -0.05) is 6.92 Å². The molecular formula is C16H27IN4O2S. The van der Waals surface area contributed by atoms with E-state index >= 15 is 0 Å². The van der Waals surface area contributed by atoms with Gasteiger partial charge >= 0.3 is 6.09 Å². The fraction of sp³-hybridized carbons (Fsp3) is 0.625. The Morgan fingerprint density at radius 3 is 2.83 bits per heavy atom. The van der Waals surface area contributed by atoms with Crippen LogP contribution in [0.1, 0.15) is 38.2 Å².